The molecule has 0 aromatic heterocycles. The number of aldehydes is 1. The Kier molecular flexibility index (Phi) is 5.44. The van der Waals surface area contributed by atoms with Gasteiger partial charge in [0.05, 0.1) is 6.04 Å². The van der Waals surface area contributed by atoms with Crippen molar-refractivity contribution >= 4 is 18.2 Å². The van der Waals surface area contributed by atoms with Gasteiger partial charge >= 0.3 is 6.03 Å². The zero-order valence-electron chi connectivity index (χ0n) is 9.69. The number of urea groups is 1. The number of hydrogen-bond donors (Lipinski definition) is 3. The number of amides is 2. The largest absolute Gasteiger partial charge is 0.474 e. The molecular weight excluding hydrogens is 212 g/mol. The minimum Gasteiger partial charge on any atom is -0.474 e. The van der Waals surface area contributed by atoms with Crippen LogP contribution in [0.25, 0.3) is 0 Å². The highest BCUT2D eigenvalue weighted by molar-refractivity contribution is 5.82. The summed E-state index contributed by atoms with van der Waals surface area (Å²) in [4.78, 5) is 20.9. The van der Waals surface area contributed by atoms with Gasteiger partial charge in [-0.2, -0.15) is 0 Å². The molecule has 0 radical (unpaired) electrons. The molecule has 7 heteroatoms. The van der Waals surface area contributed by atoms with E-state index in [0.29, 0.717) is 6.29 Å². The molecule has 5 N–H and O–H groups in total. The van der Waals surface area contributed by atoms with Crippen molar-refractivity contribution in [2.45, 2.75) is 38.8 Å². The zero-order chi connectivity index (χ0) is 12.8. The van der Waals surface area contributed by atoms with Crippen molar-refractivity contribution in [2.75, 3.05) is 0 Å². The third-order valence-electron chi connectivity index (χ3n) is 1.30. The molecule has 0 bridgehead atoms. The van der Waals surface area contributed by atoms with Gasteiger partial charge in [0.15, 0.2) is 0 Å². The quantitative estimate of drug-likeness (QED) is 0.266. The van der Waals surface area contributed by atoms with Crippen LogP contribution in [-0.2, 0) is 9.53 Å². The molecular formula is C9H18N4O3. The lowest BCUT2D eigenvalue weighted by Crippen LogP contribution is -2.34. The number of carbonyl (C=O) groups excluding carboxylic acids is 2. The Bertz CT molecular complexity index is 283. The fourth-order valence-corrected chi connectivity index (χ4v) is 0.831. The standard InChI is InChI=1S/C9H18N4O3/c1-9(2,3)16-7(4-6(10)5-14)12-13-8(11)15/h5-6H,4,10H2,1-3H3,(H3,11,13,15)/t6-/m0/s1. The second-order valence-corrected chi connectivity index (χ2v) is 4.20. The molecule has 0 fully saturated rings. The summed E-state index contributed by atoms with van der Waals surface area (Å²) < 4.78 is 5.40. The summed E-state index contributed by atoms with van der Waals surface area (Å²) in [5.74, 6) is 0.158. The first-order chi connectivity index (χ1) is 7.24. The molecule has 0 saturated heterocycles. The molecule has 16 heavy (non-hydrogen) atoms. The Morgan fingerprint density at radius 1 is 1.56 bits per heavy atom. The normalized spacial score (nSPS) is 14.1. The first-order valence-electron chi connectivity index (χ1n) is 4.76. The molecule has 0 aliphatic heterocycles. The van der Waals surface area contributed by atoms with Crippen LogP contribution in [0.1, 0.15) is 27.2 Å². The van der Waals surface area contributed by atoms with Crippen molar-refractivity contribution in [1.29, 1.82) is 0 Å². The maximum atomic E-state index is 10.5. The predicted octanol–water partition coefficient (Wildman–Crippen LogP) is -0.300. The average molecular weight is 230 g/mol. The Labute approximate surface area is 94.2 Å². The van der Waals surface area contributed by atoms with Gasteiger partial charge in [0.1, 0.15) is 11.9 Å². The molecule has 92 valence electrons. The Morgan fingerprint density at radius 3 is 2.50 bits per heavy atom. The lowest BCUT2D eigenvalue weighted by atomic mass is 10.2. The molecule has 2 amide bonds. The van der Waals surface area contributed by atoms with E-state index < -0.39 is 17.7 Å². The lowest BCUT2D eigenvalue weighted by Gasteiger charge is -2.22. The third-order valence-corrected chi connectivity index (χ3v) is 1.30. The van der Waals surface area contributed by atoms with Crippen molar-refractivity contribution in [3.63, 3.8) is 0 Å². The number of nitrogens with two attached hydrogens (primary N) is 2. The summed E-state index contributed by atoms with van der Waals surface area (Å²) in [7, 11) is 0. The summed E-state index contributed by atoms with van der Waals surface area (Å²) >= 11 is 0. The molecule has 0 saturated carbocycles. The van der Waals surface area contributed by atoms with E-state index in [9.17, 15) is 9.59 Å². The van der Waals surface area contributed by atoms with Crippen LogP contribution in [-0.4, -0.2) is 29.9 Å². The first-order valence-corrected chi connectivity index (χ1v) is 4.76. The number of rotatable bonds is 4. The summed E-state index contributed by atoms with van der Waals surface area (Å²) in [6, 6.07) is -1.54. The van der Waals surface area contributed by atoms with Crippen LogP contribution in [0.5, 0.6) is 0 Å². The number of ether oxygens (including phenoxy) is 1. The van der Waals surface area contributed by atoms with Crippen LogP contribution >= 0.6 is 0 Å². The number of carbonyl (C=O) groups is 2. The van der Waals surface area contributed by atoms with Gasteiger partial charge in [-0.1, -0.05) is 0 Å². The van der Waals surface area contributed by atoms with Crippen LogP contribution in [0, 0.1) is 0 Å². The van der Waals surface area contributed by atoms with Gasteiger partial charge in [-0.05, 0) is 20.8 Å². The highest BCUT2D eigenvalue weighted by atomic mass is 16.5. The lowest BCUT2D eigenvalue weighted by molar-refractivity contribution is -0.108. The van der Waals surface area contributed by atoms with Crippen LogP contribution in [0.2, 0.25) is 0 Å². The van der Waals surface area contributed by atoms with E-state index in [0.717, 1.165) is 0 Å². The first kappa shape index (κ1) is 14.4. The summed E-state index contributed by atoms with van der Waals surface area (Å²) in [5.41, 5.74) is 11.8. The second kappa shape index (κ2) is 6.06. The monoisotopic (exact) mass is 230 g/mol. The van der Waals surface area contributed by atoms with Crippen LogP contribution in [0.4, 0.5) is 4.79 Å². The second-order valence-electron chi connectivity index (χ2n) is 4.20. The predicted molar refractivity (Wildman–Crippen MR) is 59.6 cm³/mol. The van der Waals surface area contributed by atoms with E-state index in [4.69, 9.17) is 16.2 Å². The fourth-order valence-electron chi connectivity index (χ4n) is 0.831. The van der Waals surface area contributed by atoms with Gasteiger partial charge in [0.2, 0.25) is 5.90 Å². The number of hydrogen-bond acceptors (Lipinski definition) is 5. The van der Waals surface area contributed by atoms with Gasteiger partial charge in [-0.15, -0.1) is 5.10 Å². The van der Waals surface area contributed by atoms with Gasteiger partial charge < -0.3 is 21.0 Å². The molecule has 0 spiro atoms. The highest BCUT2D eigenvalue weighted by Gasteiger charge is 2.17. The molecule has 0 aliphatic rings. The van der Waals surface area contributed by atoms with E-state index in [1.165, 1.54) is 0 Å². The highest BCUT2D eigenvalue weighted by Crippen LogP contribution is 2.09. The molecule has 0 rings (SSSR count). The molecule has 7 nitrogen and oxygen atoms in total. The van der Waals surface area contributed by atoms with Crippen molar-refractivity contribution < 1.29 is 14.3 Å². The van der Waals surface area contributed by atoms with Crippen LogP contribution in [0.3, 0.4) is 0 Å². The number of primary amides is 1. The van der Waals surface area contributed by atoms with Gasteiger partial charge in [-0.3, -0.25) is 0 Å². The maximum Gasteiger partial charge on any atom is 0.332 e. The van der Waals surface area contributed by atoms with Crippen molar-refractivity contribution in [1.82, 2.24) is 5.43 Å². The van der Waals surface area contributed by atoms with Crippen molar-refractivity contribution in [3.8, 4) is 0 Å². The Balaban J connectivity index is 4.56. The minimum atomic E-state index is -0.810. The number of nitrogens with one attached hydrogen (secondary N) is 1. The van der Waals surface area contributed by atoms with Crippen LogP contribution < -0.4 is 16.9 Å². The van der Waals surface area contributed by atoms with Gasteiger partial charge in [0.25, 0.3) is 0 Å². The zero-order valence-corrected chi connectivity index (χ0v) is 9.69. The number of hydrazone groups is 1. The summed E-state index contributed by atoms with van der Waals surface area (Å²) in [6.45, 7) is 5.41. The fraction of sp³-hybridized carbons (Fsp3) is 0.667. The Morgan fingerprint density at radius 2 is 2.12 bits per heavy atom. The molecule has 0 aromatic rings. The molecule has 0 unspecified atom stereocenters. The molecule has 1 atom stereocenters. The van der Waals surface area contributed by atoms with E-state index in [1.54, 1.807) is 20.8 Å². The number of nitrogens with zero attached hydrogens (tertiary/aromatic N) is 1. The Hall–Kier alpha value is -1.63. The summed E-state index contributed by atoms with van der Waals surface area (Å²) in [5, 5.41) is 3.63. The SMILES string of the molecule is CC(C)(C)OC(C[C@H](N)C=O)=NNC(N)=O. The molecule has 0 aliphatic carbocycles. The van der Waals surface area contributed by atoms with Crippen molar-refractivity contribution in [2.24, 2.45) is 16.6 Å². The van der Waals surface area contributed by atoms with Crippen molar-refractivity contribution in [3.05, 3.63) is 0 Å². The summed E-state index contributed by atoms with van der Waals surface area (Å²) in [6.07, 6.45) is 0.673. The molecule has 0 aromatic carbocycles. The minimum absolute atomic E-state index is 0.0983. The van der Waals surface area contributed by atoms with Crippen LogP contribution in [0.15, 0.2) is 5.10 Å². The topological polar surface area (TPSA) is 120 Å². The van der Waals surface area contributed by atoms with Gasteiger partial charge in [0, 0.05) is 6.42 Å². The van der Waals surface area contributed by atoms with E-state index >= 15 is 0 Å². The molecule has 0 heterocycles. The van der Waals surface area contributed by atoms with E-state index in [-0.39, 0.29) is 12.3 Å². The average Bonchev–Trinajstić information content (AvgIpc) is 2.11. The van der Waals surface area contributed by atoms with E-state index in [2.05, 4.69) is 5.10 Å². The third kappa shape index (κ3) is 7.74. The maximum absolute atomic E-state index is 10.5. The van der Waals surface area contributed by atoms with E-state index in [1.807, 2.05) is 5.43 Å². The van der Waals surface area contributed by atoms with Gasteiger partial charge in [-0.25, -0.2) is 10.2 Å². The smallest absolute Gasteiger partial charge is 0.332 e.